The van der Waals surface area contributed by atoms with E-state index in [2.05, 4.69) is 5.32 Å². The van der Waals surface area contributed by atoms with E-state index in [0.717, 1.165) is 5.56 Å². The molecule has 0 fully saturated rings. The predicted octanol–water partition coefficient (Wildman–Crippen LogP) is 2.44. The van der Waals surface area contributed by atoms with Crippen LogP contribution < -0.4 is 5.32 Å². The topological polar surface area (TPSA) is 95.9 Å². The molecule has 2 aromatic rings. The molecule has 0 bridgehead atoms. The normalized spacial score (nSPS) is 11.5. The van der Waals surface area contributed by atoms with Crippen LogP contribution in [-0.4, -0.2) is 22.3 Å². The van der Waals surface area contributed by atoms with Gasteiger partial charge in [0.2, 0.25) is 0 Å². The van der Waals surface area contributed by atoms with Crippen molar-refractivity contribution in [2.45, 2.75) is 12.6 Å². The van der Waals surface area contributed by atoms with Gasteiger partial charge >= 0.3 is 12.1 Å². The van der Waals surface area contributed by atoms with Gasteiger partial charge < -0.3 is 20.3 Å². The minimum atomic E-state index is -1.30. The van der Waals surface area contributed by atoms with Crippen LogP contribution in [0.5, 0.6) is 5.75 Å². The molecule has 0 heterocycles. The van der Waals surface area contributed by atoms with Crippen molar-refractivity contribution >= 4 is 12.1 Å². The number of hydrogen-bond donors (Lipinski definition) is 3. The number of aromatic hydroxyl groups is 1. The quantitative estimate of drug-likeness (QED) is 0.788. The lowest BCUT2D eigenvalue weighted by molar-refractivity contribution is -0.139. The first-order valence-corrected chi connectivity index (χ1v) is 6.55. The molecule has 0 radical (unpaired) electrons. The molecule has 22 heavy (non-hydrogen) atoms. The van der Waals surface area contributed by atoms with Crippen molar-refractivity contribution in [1.82, 2.24) is 5.32 Å². The summed E-state index contributed by atoms with van der Waals surface area (Å²) in [5, 5.41) is 20.9. The van der Waals surface area contributed by atoms with E-state index >= 15 is 0 Å². The lowest BCUT2D eigenvalue weighted by Gasteiger charge is -2.15. The zero-order valence-electron chi connectivity index (χ0n) is 11.6. The molecule has 2 rings (SSSR count). The Morgan fingerprint density at radius 3 is 2.45 bits per heavy atom. The summed E-state index contributed by atoms with van der Waals surface area (Å²) in [7, 11) is 0. The van der Waals surface area contributed by atoms with Crippen LogP contribution >= 0.6 is 0 Å². The number of carbonyl (C=O) groups is 2. The number of amides is 1. The standard InChI is InChI=1S/C16H15NO5/c18-13-8-4-7-12(9-13)14(15(19)20)17-16(21)22-10-11-5-2-1-3-6-11/h1-9,14,18H,10H2,(H,17,21)(H,19,20)/t14-/m0/s1. The van der Waals surface area contributed by atoms with Crippen molar-refractivity contribution in [3.05, 3.63) is 65.7 Å². The molecule has 0 aliphatic heterocycles. The van der Waals surface area contributed by atoms with Gasteiger partial charge in [-0.25, -0.2) is 9.59 Å². The highest BCUT2D eigenvalue weighted by atomic mass is 16.5. The second kappa shape index (κ2) is 7.12. The molecule has 0 saturated carbocycles. The number of aliphatic carboxylic acids is 1. The summed E-state index contributed by atoms with van der Waals surface area (Å²) in [4.78, 5) is 23.0. The van der Waals surface area contributed by atoms with Gasteiger partial charge in [-0.05, 0) is 23.3 Å². The van der Waals surface area contributed by atoms with E-state index in [1.807, 2.05) is 18.2 Å². The van der Waals surface area contributed by atoms with Crippen molar-refractivity contribution in [2.75, 3.05) is 0 Å². The lowest BCUT2D eigenvalue weighted by Crippen LogP contribution is -2.34. The third-order valence-electron chi connectivity index (χ3n) is 2.93. The van der Waals surface area contributed by atoms with Crippen LogP contribution in [0.25, 0.3) is 0 Å². The molecular weight excluding hydrogens is 286 g/mol. The van der Waals surface area contributed by atoms with E-state index in [0.29, 0.717) is 0 Å². The van der Waals surface area contributed by atoms with E-state index in [1.165, 1.54) is 24.3 Å². The highest BCUT2D eigenvalue weighted by molar-refractivity contribution is 5.81. The van der Waals surface area contributed by atoms with Gasteiger partial charge in [0.05, 0.1) is 0 Å². The van der Waals surface area contributed by atoms with Crippen LogP contribution in [0.3, 0.4) is 0 Å². The summed E-state index contributed by atoms with van der Waals surface area (Å²) in [6.07, 6.45) is -0.848. The molecule has 0 aromatic heterocycles. The van der Waals surface area contributed by atoms with Crippen molar-refractivity contribution in [3.63, 3.8) is 0 Å². The maximum Gasteiger partial charge on any atom is 0.408 e. The van der Waals surface area contributed by atoms with E-state index in [9.17, 15) is 19.8 Å². The Kier molecular flexibility index (Phi) is 4.98. The number of carboxylic acids is 1. The van der Waals surface area contributed by atoms with Crippen molar-refractivity contribution in [1.29, 1.82) is 0 Å². The zero-order chi connectivity index (χ0) is 15.9. The fourth-order valence-electron chi connectivity index (χ4n) is 1.87. The van der Waals surface area contributed by atoms with Gasteiger partial charge in [0.1, 0.15) is 12.4 Å². The van der Waals surface area contributed by atoms with Crippen molar-refractivity contribution in [2.24, 2.45) is 0 Å². The third kappa shape index (κ3) is 4.24. The average Bonchev–Trinajstić information content (AvgIpc) is 2.51. The van der Waals surface area contributed by atoms with Crippen LogP contribution in [-0.2, 0) is 16.1 Å². The average molecular weight is 301 g/mol. The second-order valence-electron chi connectivity index (χ2n) is 4.57. The minimum absolute atomic E-state index is 0.0407. The molecule has 1 amide bonds. The summed E-state index contributed by atoms with van der Waals surface area (Å²) in [6, 6.07) is 13.4. The van der Waals surface area contributed by atoms with E-state index in [1.54, 1.807) is 12.1 Å². The molecule has 0 aliphatic rings. The number of nitrogens with one attached hydrogen (secondary N) is 1. The monoisotopic (exact) mass is 301 g/mol. The second-order valence-corrected chi connectivity index (χ2v) is 4.57. The predicted molar refractivity (Wildman–Crippen MR) is 78.2 cm³/mol. The van der Waals surface area contributed by atoms with Crippen LogP contribution in [0, 0.1) is 0 Å². The number of benzene rings is 2. The third-order valence-corrected chi connectivity index (χ3v) is 2.93. The molecule has 0 aliphatic carbocycles. The number of rotatable bonds is 5. The maximum atomic E-state index is 11.7. The first-order chi connectivity index (χ1) is 10.6. The summed E-state index contributed by atoms with van der Waals surface area (Å²) in [5.74, 6) is -1.33. The van der Waals surface area contributed by atoms with E-state index in [4.69, 9.17) is 4.74 Å². The summed E-state index contributed by atoms with van der Waals surface area (Å²) in [5.41, 5.74) is 1.05. The Balaban J connectivity index is 1.99. The Labute approximate surface area is 127 Å². The number of carbonyl (C=O) groups excluding carboxylic acids is 1. The maximum absolute atomic E-state index is 11.7. The Hall–Kier alpha value is -3.02. The molecule has 0 unspecified atom stereocenters. The molecule has 2 aromatic carbocycles. The molecule has 6 nitrogen and oxygen atoms in total. The minimum Gasteiger partial charge on any atom is -0.508 e. The molecule has 0 saturated heterocycles. The van der Waals surface area contributed by atoms with Crippen LogP contribution in [0.15, 0.2) is 54.6 Å². The Morgan fingerprint density at radius 2 is 1.82 bits per heavy atom. The highest BCUT2D eigenvalue weighted by Crippen LogP contribution is 2.18. The smallest absolute Gasteiger partial charge is 0.408 e. The summed E-state index contributed by atoms with van der Waals surface area (Å²) in [6.45, 7) is 0.0407. The highest BCUT2D eigenvalue weighted by Gasteiger charge is 2.23. The van der Waals surface area contributed by atoms with Crippen molar-refractivity contribution < 1.29 is 24.5 Å². The first-order valence-electron chi connectivity index (χ1n) is 6.55. The number of alkyl carbamates (subject to hydrolysis) is 1. The molecule has 1 atom stereocenters. The summed E-state index contributed by atoms with van der Waals surface area (Å²) < 4.78 is 4.98. The van der Waals surface area contributed by atoms with Gasteiger partial charge in [-0.15, -0.1) is 0 Å². The van der Waals surface area contributed by atoms with Gasteiger partial charge in [0, 0.05) is 0 Å². The largest absolute Gasteiger partial charge is 0.508 e. The van der Waals surface area contributed by atoms with Crippen LogP contribution in [0.1, 0.15) is 17.2 Å². The number of phenols is 1. The molecular formula is C16H15NO5. The fourth-order valence-corrected chi connectivity index (χ4v) is 1.87. The molecule has 3 N–H and O–H groups in total. The van der Waals surface area contributed by atoms with Crippen LogP contribution in [0.2, 0.25) is 0 Å². The SMILES string of the molecule is O=C(N[C@H](C(=O)O)c1cccc(O)c1)OCc1ccccc1. The van der Waals surface area contributed by atoms with E-state index < -0.39 is 18.1 Å². The number of hydrogen-bond acceptors (Lipinski definition) is 4. The lowest BCUT2D eigenvalue weighted by atomic mass is 10.1. The van der Waals surface area contributed by atoms with E-state index in [-0.39, 0.29) is 17.9 Å². The zero-order valence-corrected chi connectivity index (χ0v) is 11.6. The number of ether oxygens (including phenoxy) is 1. The number of phenolic OH excluding ortho intramolecular Hbond substituents is 1. The van der Waals surface area contributed by atoms with Crippen molar-refractivity contribution in [3.8, 4) is 5.75 Å². The number of carboxylic acid groups (broad SMARTS) is 1. The van der Waals surface area contributed by atoms with Crippen LogP contribution in [0.4, 0.5) is 4.79 Å². The fraction of sp³-hybridized carbons (Fsp3) is 0.125. The van der Waals surface area contributed by atoms with Gasteiger partial charge in [0.15, 0.2) is 6.04 Å². The molecule has 0 spiro atoms. The first kappa shape index (κ1) is 15.4. The Bertz CT molecular complexity index is 657. The van der Waals surface area contributed by atoms with Gasteiger partial charge in [-0.2, -0.15) is 0 Å². The Morgan fingerprint density at radius 1 is 1.09 bits per heavy atom. The van der Waals surface area contributed by atoms with Gasteiger partial charge in [0.25, 0.3) is 0 Å². The van der Waals surface area contributed by atoms with Gasteiger partial charge in [-0.1, -0.05) is 42.5 Å². The molecule has 6 heteroatoms. The van der Waals surface area contributed by atoms with Gasteiger partial charge in [-0.3, -0.25) is 0 Å². The summed E-state index contributed by atoms with van der Waals surface area (Å²) >= 11 is 0. The molecule has 114 valence electrons.